The van der Waals surface area contributed by atoms with E-state index in [2.05, 4.69) is 0 Å². The molecule has 1 aliphatic rings. The Balaban J connectivity index is 2.46. The van der Waals surface area contributed by atoms with Gasteiger partial charge in [0.15, 0.2) is 0 Å². The highest BCUT2D eigenvalue weighted by molar-refractivity contribution is 6.77. The minimum absolute atomic E-state index is 0.0777. The lowest BCUT2D eigenvalue weighted by Gasteiger charge is -2.36. The Morgan fingerprint density at radius 3 is 2.72 bits per heavy atom. The maximum Gasteiger partial charge on any atom is 0.279 e. The predicted octanol–water partition coefficient (Wildman–Crippen LogP) is 3.86. The van der Waals surface area contributed by atoms with Gasteiger partial charge in [-0.15, -0.1) is 0 Å². The second-order valence-corrected chi connectivity index (χ2v) is 6.61. The Kier molecular flexibility index (Phi) is 3.77. The van der Waals surface area contributed by atoms with Crippen LogP contribution in [-0.2, 0) is 11.2 Å². The van der Waals surface area contributed by atoms with Crippen LogP contribution in [0.3, 0.4) is 0 Å². The summed E-state index contributed by atoms with van der Waals surface area (Å²) in [6.07, 6.45) is 1.42. The molecule has 1 unspecified atom stereocenters. The molecule has 0 spiro atoms. The zero-order valence-electron chi connectivity index (χ0n) is 9.59. The summed E-state index contributed by atoms with van der Waals surface area (Å²) in [7, 11) is 0. The predicted molar refractivity (Wildman–Crippen MR) is 72.0 cm³/mol. The highest BCUT2D eigenvalue weighted by Crippen LogP contribution is 2.37. The minimum atomic E-state index is -2.00. The van der Waals surface area contributed by atoms with Crippen molar-refractivity contribution in [2.45, 2.75) is 29.6 Å². The minimum Gasteiger partial charge on any atom is -0.306 e. The second-order valence-electron chi connectivity index (χ2n) is 4.33. The first kappa shape index (κ1) is 13.9. The van der Waals surface area contributed by atoms with Crippen molar-refractivity contribution >= 4 is 46.4 Å². The van der Waals surface area contributed by atoms with Crippen molar-refractivity contribution in [3.8, 4) is 0 Å². The Bertz CT molecular complexity index is 487. The molecule has 0 aliphatic carbocycles. The molecule has 1 aliphatic heterocycles. The maximum absolute atomic E-state index is 13.2. The number of carbonyl (C=O) groups is 1. The first-order chi connectivity index (χ1) is 8.30. The second kappa shape index (κ2) is 4.87. The van der Waals surface area contributed by atoms with E-state index in [1.807, 2.05) is 6.92 Å². The van der Waals surface area contributed by atoms with Crippen LogP contribution in [0.1, 0.15) is 18.9 Å². The molecule has 98 valence electrons. The van der Waals surface area contributed by atoms with E-state index in [0.717, 1.165) is 5.56 Å². The van der Waals surface area contributed by atoms with E-state index in [4.69, 9.17) is 34.8 Å². The SMILES string of the molecule is CC1CCc2cc(F)ccc2N1C(=O)C(Cl)(Cl)Cl. The summed E-state index contributed by atoms with van der Waals surface area (Å²) in [4.78, 5) is 13.5. The third kappa shape index (κ3) is 2.58. The highest BCUT2D eigenvalue weighted by atomic mass is 35.6. The lowest BCUT2D eigenvalue weighted by Crippen LogP contribution is -2.47. The van der Waals surface area contributed by atoms with E-state index < -0.39 is 9.70 Å². The number of rotatable bonds is 0. The summed E-state index contributed by atoms with van der Waals surface area (Å²) >= 11 is 16.9. The fourth-order valence-electron chi connectivity index (χ4n) is 2.17. The Labute approximate surface area is 120 Å². The van der Waals surface area contributed by atoms with Crippen molar-refractivity contribution in [3.63, 3.8) is 0 Å². The van der Waals surface area contributed by atoms with Gasteiger partial charge >= 0.3 is 0 Å². The van der Waals surface area contributed by atoms with Crippen molar-refractivity contribution in [2.24, 2.45) is 0 Å². The number of amides is 1. The van der Waals surface area contributed by atoms with Gasteiger partial charge in [0.25, 0.3) is 9.70 Å². The van der Waals surface area contributed by atoms with Gasteiger partial charge in [-0.3, -0.25) is 4.79 Å². The third-order valence-electron chi connectivity index (χ3n) is 3.03. The number of aryl methyl sites for hydroxylation is 1. The number of fused-ring (bicyclic) bond motifs is 1. The lowest BCUT2D eigenvalue weighted by molar-refractivity contribution is -0.118. The number of anilines is 1. The molecule has 6 heteroatoms. The normalized spacial score (nSPS) is 19.6. The molecule has 1 amide bonds. The lowest BCUT2D eigenvalue weighted by atomic mass is 9.96. The largest absolute Gasteiger partial charge is 0.306 e. The molecular formula is C12H11Cl3FNO. The van der Waals surface area contributed by atoms with Crippen LogP contribution in [0.15, 0.2) is 18.2 Å². The summed E-state index contributed by atoms with van der Waals surface area (Å²) in [6, 6.07) is 4.19. The van der Waals surface area contributed by atoms with Gasteiger partial charge in [0, 0.05) is 11.7 Å². The zero-order chi connectivity index (χ0) is 13.5. The number of hydrogen-bond donors (Lipinski definition) is 0. The molecule has 0 fully saturated rings. The van der Waals surface area contributed by atoms with Crippen LogP contribution < -0.4 is 4.90 Å². The van der Waals surface area contributed by atoms with E-state index in [1.165, 1.54) is 17.0 Å². The van der Waals surface area contributed by atoms with Crippen LogP contribution in [0.25, 0.3) is 0 Å². The van der Waals surface area contributed by atoms with Crippen molar-refractivity contribution in [1.29, 1.82) is 0 Å². The number of nitrogens with zero attached hydrogens (tertiary/aromatic N) is 1. The van der Waals surface area contributed by atoms with E-state index in [0.29, 0.717) is 18.5 Å². The molecule has 18 heavy (non-hydrogen) atoms. The number of carbonyl (C=O) groups excluding carboxylic acids is 1. The Hall–Kier alpha value is -0.510. The van der Waals surface area contributed by atoms with Gasteiger partial charge in [-0.05, 0) is 43.5 Å². The van der Waals surface area contributed by atoms with Gasteiger partial charge in [0.2, 0.25) is 0 Å². The molecule has 0 N–H and O–H groups in total. The maximum atomic E-state index is 13.2. The topological polar surface area (TPSA) is 20.3 Å². The summed E-state index contributed by atoms with van der Waals surface area (Å²) in [5.41, 5.74) is 1.38. The van der Waals surface area contributed by atoms with Crippen molar-refractivity contribution in [1.82, 2.24) is 0 Å². The van der Waals surface area contributed by atoms with Crippen molar-refractivity contribution < 1.29 is 9.18 Å². The molecule has 1 aromatic carbocycles. The van der Waals surface area contributed by atoms with Crippen LogP contribution in [0.5, 0.6) is 0 Å². The highest BCUT2D eigenvalue weighted by Gasteiger charge is 2.40. The number of hydrogen-bond acceptors (Lipinski definition) is 1. The fourth-order valence-corrected chi connectivity index (χ4v) is 2.44. The molecule has 0 saturated carbocycles. The molecule has 0 aromatic heterocycles. The molecule has 0 saturated heterocycles. The molecule has 1 atom stereocenters. The zero-order valence-corrected chi connectivity index (χ0v) is 11.9. The average molecular weight is 311 g/mol. The van der Waals surface area contributed by atoms with Crippen LogP contribution in [0, 0.1) is 5.82 Å². The van der Waals surface area contributed by atoms with Crippen molar-refractivity contribution in [2.75, 3.05) is 4.90 Å². The van der Waals surface area contributed by atoms with Crippen molar-refractivity contribution in [3.05, 3.63) is 29.6 Å². The van der Waals surface area contributed by atoms with Gasteiger partial charge in [0.1, 0.15) is 5.82 Å². The van der Waals surface area contributed by atoms with Crippen LogP contribution in [-0.4, -0.2) is 15.7 Å². The summed E-state index contributed by atoms with van der Waals surface area (Å²) < 4.78 is 11.2. The first-order valence-corrected chi connectivity index (χ1v) is 6.63. The number of alkyl halides is 3. The first-order valence-electron chi connectivity index (χ1n) is 5.49. The standard InChI is InChI=1S/C12H11Cl3FNO/c1-7-2-3-8-6-9(16)4-5-10(8)17(7)11(18)12(13,14)15/h4-7H,2-3H2,1H3. The van der Waals surface area contributed by atoms with Crippen LogP contribution in [0.4, 0.5) is 10.1 Å². The Morgan fingerprint density at radius 2 is 2.11 bits per heavy atom. The molecule has 2 rings (SSSR count). The van der Waals surface area contributed by atoms with Gasteiger partial charge in [-0.2, -0.15) is 0 Å². The number of halogens is 4. The number of benzene rings is 1. The molecule has 2 nitrogen and oxygen atoms in total. The van der Waals surface area contributed by atoms with Crippen LogP contribution >= 0.6 is 34.8 Å². The molecule has 0 bridgehead atoms. The van der Waals surface area contributed by atoms with Crippen LogP contribution in [0.2, 0.25) is 0 Å². The summed E-state index contributed by atoms with van der Waals surface area (Å²) in [5, 5.41) is 0. The summed E-state index contributed by atoms with van der Waals surface area (Å²) in [5.74, 6) is -0.933. The smallest absolute Gasteiger partial charge is 0.279 e. The van der Waals surface area contributed by atoms with E-state index in [-0.39, 0.29) is 11.9 Å². The summed E-state index contributed by atoms with van der Waals surface area (Å²) in [6.45, 7) is 1.88. The Morgan fingerprint density at radius 1 is 1.44 bits per heavy atom. The van der Waals surface area contributed by atoms with Gasteiger partial charge in [-0.25, -0.2) is 4.39 Å². The molecule has 0 radical (unpaired) electrons. The average Bonchev–Trinajstić information content (AvgIpc) is 2.27. The molecule has 1 heterocycles. The molecular weight excluding hydrogens is 299 g/mol. The molecule has 1 aromatic rings. The van der Waals surface area contributed by atoms with Gasteiger partial charge in [0.05, 0.1) is 0 Å². The van der Waals surface area contributed by atoms with Gasteiger partial charge < -0.3 is 4.90 Å². The van der Waals surface area contributed by atoms with E-state index >= 15 is 0 Å². The van der Waals surface area contributed by atoms with Gasteiger partial charge in [-0.1, -0.05) is 34.8 Å². The third-order valence-corrected chi connectivity index (χ3v) is 3.52. The quantitative estimate of drug-likeness (QED) is 0.666. The monoisotopic (exact) mass is 309 g/mol. The fraction of sp³-hybridized carbons (Fsp3) is 0.417. The van der Waals surface area contributed by atoms with E-state index in [1.54, 1.807) is 6.07 Å². The van der Waals surface area contributed by atoms with E-state index in [9.17, 15) is 9.18 Å².